The summed E-state index contributed by atoms with van der Waals surface area (Å²) in [6.07, 6.45) is 4.66. The van der Waals surface area contributed by atoms with Gasteiger partial charge in [0.15, 0.2) is 0 Å². The fourth-order valence-electron chi connectivity index (χ4n) is 4.33. The van der Waals surface area contributed by atoms with E-state index < -0.39 is 29.8 Å². The number of imidazole rings is 1. The molecule has 12 heteroatoms. The number of rotatable bonds is 4. The Morgan fingerprint density at radius 1 is 1.19 bits per heavy atom. The summed E-state index contributed by atoms with van der Waals surface area (Å²) >= 11 is 0. The Morgan fingerprint density at radius 3 is 2.70 bits per heavy atom. The highest BCUT2D eigenvalue weighted by Gasteiger charge is 2.39. The van der Waals surface area contributed by atoms with Crippen LogP contribution in [0.2, 0.25) is 0 Å². The van der Waals surface area contributed by atoms with Crippen molar-refractivity contribution in [1.82, 2.24) is 29.2 Å². The molecule has 5 rings (SSSR count). The molecule has 2 atom stereocenters. The molecular formula is C25H20F2N8O2. The molecule has 0 aliphatic carbocycles. The lowest BCUT2D eigenvalue weighted by Gasteiger charge is -2.21. The van der Waals surface area contributed by atoms with Crippen LogP contribution >= 0.6 is 0 Å². The molecule has 3 N–H and O–H groups in total. The van der Waals surface area contributed by atoms with E-state index in [1.165, 1.54) is 42.5 Å². The maximum atomic E-state index is 15.4. The van der Waals surface area contributed by atoms with E-state index in [0.717, 1.165) is 6.07 Å². The van der Waals surface area contributed by atoms with Gasteiger partial charge in [-0.3, -0.25) is 19.3 Å². The van der Waals surface area contributed by atoms with Crippen molar-refractivity contribution in [1.29, 1.82) is 0 Å². The van der Waals surface area contributed by atoms with Gasteiger partial charge in [-0.25, -0.2) is 28.7 Å². The molecule has 0 spiro atoms. The van der Waals surface area contributed by atoms with Gasteiger partial charge in [-0.1, -0.05) is 5.92 Å². The van der Waals surface area contributed by atoms with Crippen LogP contribution in [0.3, 0.4) is 0 Å². The number of anilines is 2. The second-order valence-electron chi connectivity index (χ2n) is 8.25. The molecule has 37 heavy (non-hydrogen) atoms. The highest BCUT2D eigenvalue weighted by Crippen LogP contribution is 2.38. The maximum absolute atomic E-state index is 15.4. The highest BCUT2D eigenvalue weighted by atomic mass is 19.1. The minimum absolute atomic E-state index is 0.00105. The van der Waals surface area contributed by atoms with Crippen LogP contribution in [0.5, 0.6) is 0 Å². The summed E-state index contributed by atoms with van der Waals surface area (Å²) in [6, 6.07) is 4.73. The zero-order valence-electron chi connectivity index (χ0n) is 19.5. The highest BCUT2D eigenvalue weighted by molar-refractivity contribution is 6.03. The molecule has 2 amide bonds. The van der Waals surface area contributed by atoms with Gasteiger partial charge >= 0.3 is 0 Å². The predicted molar refractivity (Wildman–Crippen MR) is 130 cm³/mol. The van der Waals surface area contributed by atoms with E-state index in [4.69, 9.17) is 5.73 Å². The number of likely N-dealkylation sites (tertiary alicyclic amines) is 1. The number of aromatic nitrogens is 5. The SMILES string of the molecule is CC#CC(=O)N1CC(F)CC1c1nc(-c2ccc(C(=O)Nc3ncccn3)cc2F)c2c(N)nccn12. The quantitative estimate of drug-likeness (QED) is 0.410. The predicted octanol–water partition coefficient (Wildman–Crippen LogP) is 2.79. The Hall–Kier alpha value is -4.92. The van der Waals surface area contributed by atoms with E-state index in [1.807, 2.05) is 0 Å². The molecule has 0 bridgehead atoms. The Morgan fingerprint density at radius 2 is 1.97 bits per heavy atom. The zero-order chi connectivity index (χ0) is 26.1. The number of hydrogen-bond donors (Lipinski definition) is 2. The van der Waals surface area contributed by atoms with Gasteiger partial charge in [0.25, 0.3) is 11.8 Å². The number of nitrogens with one attached hydrogen (secondary N) is 1. The molecule has 1 aliphatic rings. The number of nitrogen functional groups attached to an aromatic ring is 1. The van der Waals surface area contributed by atoms with E-state index in [1.54, 1.807) is 16.7 Å². The van der Waals surface area contributed by atoms with Gasteiger partial charge in [-0.2, -0.15) is 0 Å². The normalized spacial score (nSPS) is 16.9. The number of fused-ring (bicyclic) bond motifs is 1. The molecule has 0 radical (unpaired) electrons. The Balaban J connectivity index is 1.56. The van der Waals surface area contributed by atoms with E-state index in [2.05, 4.69) is 37.1 Å². The number of alkyl halides is 1. The molecule has 2 unspecified atom stereocenters. The summed E-state index contributed by atoms with van der Waals surface area (Å²) in [5, 5.41) is 2.49. The number of carbonyl (C=O) groups excluding carboxylic acids is 2. The number of amides is 2. The summed E-state index contributed by atoms with van der Waals surface area (Å²) in [5.74, 6) is 3.55. The lowest BCUT2D eigenvalue weighted by Crippen LogP contribution is -2.31. The third kappa shape index (κ3) is 4.42. The van der Waals surface area contributed by atoms with Gasteiger partial charge in [0.2, 0.25) is 5.95 Å². The van der Waals surface area contributed by atoms with Crippen molar-refractivity contribution in [3.63, 3.8) is 0 Å². The van der Waals surface area contributed by atoms with Crippen molar-refractivity contribution in [3.05, 3.63) is 66.3 Å². The number of halogens is 2. The molecule has 10 nitrogen and oxygen atoms in total. The van der Waals surface area contributed by atoms with Crippen molar-refractivity contribution >= 4 is 29.1 Å². The molecule has 1 saturated heterocycles. The fraction of sp³-hybridized carbons (Fsp3) is 0.200. The Bertz CT molecular complexity index is 1580. The first-order chi connectivity index (χ1) is 17.9. The molecule has 3 aromatic heterocycles. The van der Waals surface area contributed by atoms with Gasteiger partial charge in [0, 0.05) is 42.3 Å². The summed E-state index contributed by atoms with van der Waals surface area (Å²) < 4.78 is 31.4. The smallest absolute Gasteiger partial charge is 0.299 e. The standard InChI is InChI=1S/C25H20F2N8O2/c1-2-4-19(36)35-13-15(26)12-18(35)23-32-20(21-22(28)29-9-10-34(21)23)16-6-5-14(11-17(16)27)24(37)33-25-30-7-3-8-31-25/h3,5-11,15,18H,12-13H2,1H3,(H2,28,29)(H,30,31,33,37). The summed E-state index contributed by atoms with van der Waals surface area (Å²) in [6.45, 7) is 1.39. The van der Waals surface area contributed by atoms with Crippen molar-refractivity contribution in [2.24, 2.45) is 0 Å². The van der Waals surface area contributed by atoms with Crippen LogP contribution in [0.25, 0.3) is 16.8 Å². The summed E-state index contributed by atoms with van der Waals surface area (Å²) in [5.41, 5.74) is 6.67. The number of carbonyl (C=O) groups is 2. The second kappa shape index (κ2) is 9.62. The average molecular weight is 502 g/mol. The topological polar surface area (TPSA) is 131 Å². The first-order valence-corrected chi connectivity index (χ1v) is 11.3. The van der Waals surface area contributed by atoms with Crippen molar-refractivity contribution in [2.75, 3.05) is 17.6 Å². The zero-order valence-corrected chi connectivity index (χ0v) is 19.5. The maximum Gasteiger partial charge on any atom is 0.299 e. The molecule has 1 fully saturated rings. The van der Waals surface area contributed by atoms with E-state index >= 15 is 4.39 Å². The van der Waals surface area contributed by atoms with Crippen LogP contribution < -0.4 is 11.1 Å². The van der Waals surface area contributed by atoms with Gasteiger partial charge in [0.05, 0.1) is 12.6 Å². The monoisotopic (exact) mass is 502 g/mol. The van der Waals surface area contributed by atoms with Crippen LogP contribution in [0.15, 0.2) is 49.1 Å². The molecular weight excluding hydrogens is 482 g/mol. The first-order valence-electron chi connectivity index (χ1n) is 11.3. The fourth-order valence-corrected chi connectivity index (χ4v) is 4.33. The Kier molecular flexibility index (Phi) is 6.19. The van der Waals surface area contributed by atoms with Gasteiger partial charge in [0.1, 0.15) is 34.8 Å². The van der Waals surface area contributed by atoms with E-state index in [9.17, 15) is 14.0 Å². The van der Waals surface area contributed by atoms with E-state index in [0.29, 0.717) is 11.3 Å². The number of nitrogens with zero attached hydrogens (tertiary/aromatic N) is 6. The van der Waals surface area contributed by atoms with Crippen LogP contribution in [-0.2, 0) is 4.79 Å². The summed E-state index contributed by atoms with van der Waals surface area (Å²) in [7, 11) is 0. The minimum atomic E-state index is -1.27. The van der Waals surface area contributed by atoms with Gasteiger partial charge < -0.3 is 10.6 Å². The number of benzene rings is 1. The third-order valence-corrected chi connectivity index (χ3v) is 5.93. The molecule has 186 valence electrons. The van der Waals surface area contributed by atoms with Crippen molar-refractivity contribution in [3.8, 4) is 23.1 Å². The first kappa shape index (κ1) is 23.8. The number of hydrogen-bond acceptors (Lipinski definition) is 7. The van der Waals surface area contributed by atoms with Crippen LogP contribution in [-0.4, -0.2) is 53.8 Å². The number of nitrogens with two attached hydrogens (primary N) is 1. The molecule has 4 heterocycles. The van der Waals surface area contributed by atoms with Crippen LogP contribution in [0, 0.1) is 17.7 Å². The van der Waals surface area contributed by atoms with E-state index in [-0.39, 0.29) is 41.6 Å². The lowest BCUT2D eigenvalue weighted by molar-refractivity contribution is -0.126. The molecule has 1 aromatic carbocycles. The molecule has 4 aromatic rings. The second-order valence-corrected chi connectivity index (χ2v) is 8.25. The molecule has 0 saturated carbocycles. The van der Waals surface area contributed by atoms with Crippen molar-refractivity contribution in [2.45, 2.75) is 25.6 Å². The minimum Gasteiger partial charge on any atom is -0.382 e. The van der Waals surface area contributed by atoms with Gasteiger partial charge in [-0.15, -0.1) is 0 Å². The van der Waals surface area contributed by atoms with Crippen LogP contribution in [0.4, 0.5) is 20.5 Å². The van der Waals surface area contributed by atoms with Crippen molar-refractivity contribution < 1.29 is 18.4 Å². The van der Waals surface area contributed by atoms with Gasteiger partial charge in [-0.05, 0) is 37.1 Å². The largest absolute Gasteiger partial charge is 0.382 e. The Labute approximate surface area is 209 Å². The lowest BCUT2D eigenvalue weighted by atomic mass is 10.1. The average Bonchev–Trinajstić information content (AvgIpc) is 3.46. The van der Waals surface area contributed by atoms with Crippen LogP contribution in [0.1, 0.15) is 35.6 Å². The summed E-state index contributed by atoms with van der Waals surface area (Å²) in [4.78, 5) is 42.9. The molecule has 1 aliphatic heterocycles. The third-order valence-electron chi connectivity index (χ3n) is 5.93.